The SMILES string of the molecule is CC(NC(CN(C)C)C(C)C)c1cc(F)c(Cl)cc1Cl. The fourth-order valence-electron chi connectivity index (χ4n) is 2.13. The van der Waals surface area contributed by atoms with Crippen LogP contribution in [0.25, 0.3) is 0 Å². The topological polar surface area (TPSA) is 15.3 Å². The molecule has 0 aliphatic rings. The summed E-state index contributed by atoms with van der Waals surface area (Å²) in [5.74, 6) is 0.0317. The average molecular weight is 321 g/mol. The van der Waals surface area contributed by atoms with Crippen molar-refractivity contribution in [2.75, 3.05) is 20.6 Å². The highest BCUT2D eigenvalue weighted by Gasteiger charge is 2.20. The molecule has 0 amide bonds. The highest BCUT2D eigenvalue weighted by atomic mass is 35.5. The number of halogens is 3. The summed E-state index contributed by atoms with van der Waals surface area (Å²) < 4.78 is 13.6. The minimum absolute atomic E-state index is 0.0402. The number of hydrogen-bond acceptors (Lipinski definition) is 2. The third kappa shape index (κ3) is 4.88. The van der Waals surface area contributed by atoms with Crippen LogP contribution in [-0.2, 0) is 0 Å². The number of hydrogen-bond donors (Lipinski definition) is 1. The van der Waals surface area contributed by atoms with Crippen molar-refractivity contribution < 1.29 is 4.39 Å². The van der Waals surface area contributed by atoms with E-state index in [2.05, 4.69) is 24.1 Å². The van der Waals surface area contributed by atoms with E-state index in [0.717, 1.165) is 12.1 Å². The van der Waals surface area contributed by atoms with Gasteiger partial charge in [0.25, 0.3) is 0 Å². The first-order chi connectivity index (χ1) is 9.22. The number of likely N-dealkylation sites (N-methyl/N-ethyl adjacent to an activating group) is 1. The zero-order valence-electron chi connectivity index (χ0n) is 12.7. The Morgan fingerprint density at radius 1 is 1.15 bits per heavy atom. The summed E-state index contributed by atoms with van der Waals surface area (Å²) in [7, 11) is 4.08. The number of nitrogens with one attached hydrogen (secondary N) is 1. The van der Waals surface area contributed by atoms with Crippen LogP contribution < -0.4 is 5.32 Å². The van der Waals surface area contributed by atoms with Crippen LogP contribution in [0, 0.1) is 11.7 Å². The Hall–Kier alpha value is -0.350. The summed E-state index contributed by atoms with van der Waals surface area (Å²) in [6, 6.07) is 3.13. The van der Waals surface area contributed by atoms with Crippen LogP contribution in [0.15, 0.2) is 12.1 Å². The number of benzene rings is 1. The molecule has 0 radical (unpaired) electrons. The minimum Gasteiger partial charge on any atom is -0.308 e. The highest BCUT2D eigenvalue weighted by molar-refractivity contribution is 6.35. The number of nitrogens with zero attached hydrogens (tertiary/aromatic N) is 1. The highest BCUT2D eigenvalue weighted by Crippen LogP contribution is 2.29. The molecule has 114 valence electrons. The van der Waals surface area contributed by atoms with Crippen molar-refractivity contribution in [2.24, 2.45) is 5.92 Å². The Morgan fingerprint density at radius 3 is 2.25 bits per heavy atom. The number of rotatable bonds is 6. The molecular weight excluding hydrogens is 298 g/mol. The van der Waals surface area contributed by atoms with E-state index in [1.165, 1.54) is 12.1 Å². The summed E-state index contributed by atoms with van der Waals surface area (Å²) >= 11 is 11.9. The average Bonchev–Trinajstić information content (AvgIpc) is 2.32. The first-order valence-corrected chi connectivity index (χ1v) is 7.53. The van der Waals surface area contributed by atoms with Gasteiger partial charge < -0.3 is 10.2 Å². The first-order valence-electron chi connectivity index (χ1n) is 6.77. The third-order valence-corrected chi connectivity index (χ3v) is 3.95. The Morgan fingerprint density at radius 2 is 1.75 bits per heavy atom. The monoisotopic (exact) mass is 320 g/mol. The van der Waals surface area contributed by atoms with Gasteiger partial charge >= 0.3 is 0 Å². The van der Waals surface area contributed by atoms with Gasteiger partial charge in [-0.15, -0.1) is 0 Å². The molecule has 0 saturated carbocycles. The molecule has 0 heterocycles. The van der Waals surface area contributed by atoms with Crippen molar-refractivity contribution in [2.45, 2.75) is 32.9 Å². The quantitative estimate of drug-likeness (QED) is 0.783. The summed E-state index contributed by atoms with van der Waals surface area (Å²) in [6.07, 6.45) is 0. The van der Waals surface area contributed by atoms with Gasteiger partial charge in [-0.2, -0.15) is 0 Å². The van der Waals surface area contributed by atoms with Crippen LogP contribution in [0.1, 0.15) is 32.4 Å². The molecule has 20 heavy (non-hydrogen) atoms. The van der Waals surface area contributed by atoms with Crippen LogP contribution >= 0.6 is 23.2 Å². The minimum atomic E-state index is -0.437. The van der Waals surface area contributed by atoms with Gasteiger partial charge in [-0.25, -0.2) is 4.39 Å². The van der Waals surface area contributed by atoms with Gasteiger partial charge in [-0.1, -0.05) is 37.0 Å². The predicted octanol–water partition coefficient (Wildman–Crippen LogP) is 4.37. The maximum atomic E-state index is 13.6. The Kier molecular flexibility index (Phi) is 6.73. The van der Waals surface area contributed by atoms with Gasteiger partial charge in [0.15, 0.2) is 0 Å². The fourth-order valence-corrected chi connectivity index (χ4v) is 2.68. The van der Waals surface area contributed by atoms with E-state index in [-0.39, 0.29) is 11.1 Å². The lowest BCUT2D eigenvalue weighted by molar-refractivity contribution is 0.273. The lowest BCUT2D eigenvalue weighted by Crippen LogP contribution is -2.43. The lowest BCUT2D eigenvalue weighted by atomic mass is 10.0. The molecule has 1 aromatic carbocycles. The molecule has 0 aliphatic heterocycles. The molecule has 5 heteroatoms. The van der Waals surface area contributed by atoms with Gasteiger partial charge in [0.2, 0.25) is 0 Å². The van der Waals surface area contributed by atoms with Crippen molar-refractivity contribution in [1.82, 2.24) is 10.2 Å². The van der Waals surface area contributed by atoms with Gasteiger partial charge in [0.1, 0.15) is 5.82 Å². The summed E-state index contributed by atoms with van der Waals surface area (Å²) in [4.78, 5) is 2.13. The maximum Gasteiger partial charge on any atom is 0.142 e. The van der Waals surface area contributed by atoms with E-state index >= 15 is 0 Å². The molecule has 0 spiro atoms. The van der Waals surface area contributed by atoms with Crippen LogP contribution in [0.4, 0.5) is 4.39 Å². The van der Waals surface area contributed by atoms with Crippen molar-refractivity contribution >= 4 is 23.2 Å². The maximum absolute atomic E-state index is 13.6. The summed E-state index contributed by atoms with van der Waals surface area (Å²) in [6.45, 7) is 7.23. The van der Waals surface area contributed by atoms with E-state index in [1.54, 1.807) is 0 Å². The Labute approximate surface area is 131 Å². The molecular formula is C15H23Cl2FN2. The predicted molar refractivity (Wildman–Crippen MR) is 85.2 cm³/mol. The molecule has 2 unspecified atom stereocenters. The second-order valence-electron chi connectivity index (χ2n) is 5.79. The van der Waals surface area contributed by atoms with Crippen molar-refractivity contribution in [3.63, 3.8) is 0 Å². The molecule has 0 fully saturated rings. The fraction of sp³-hybridized carbons (Fsp3) is 0.600. The van der Waals surface area contributed by atoms with Crippen LogP contribution in [0.2, 0.25) is 10.0 Å². The largest absolute Gasteiger partial charge is 0.308 e. The van der Waals surface area contributed by atoms with E-state index in [9.17, 15) is 4.39 Å². The second-order valence-corrected chi connectivity index (χ2v) is 6.60. The van der Waals surface area contributed by atoms with Gasteiger partial charge in [0, 0.05) is 23.7 Å². The molecule has 2 nitrogen and oxygen atoms in total. The summed E-state index contributed by atoms with van der Waals surface area (Å²) in [5, 5.41) is 4.06. The van der Waals surface area contributed by atoms with Crippen LogP contribution in [0.5, 0.6) is 0 Å². The van der Waals surface area contributed by atoms with Gasteiger partial charge in [-0.05, 0) is 44.6 Å². The lowest BCUT2D eigenvalue weighted by Gasteiger charge is -2.29. The van der Waals surface area contributed by atoms with Crippen LogP contribution in [0.3, 0.4) is 0 Å². The third-order valence-electron chi connectivity index (χ3n) is 3.34. The van der Waals surface area contributed by atoms with Gasteiger partial charge in [0.05, 0.1) is 5.02 Å². The van der Waals surface area contributed by atoms with Crippen molar-refractivity contribution in [1.29, 1.82) is 0 Å². The van der Waals surface area contributed by atoms with Gasteiger partial charge in [-0.3, -0.25) is 0 Å². The molecule has 1 N–H and O–H groups in total. The molecule has 0 bridgehead atoms. The zero-order valence-corrected chi connectivity index (χ0v) is 14.2. The normalized spacial score (nSPS) is 14.9. The summed E-state index contributed by atoms with van der Waals surface area (Å²) in [5.41, 5.74) is 0.734. The molecule has 1 rings (SSSR count). The molecule has 1 aromatic rings. The molecule has 0 aliphatic carbocycles. The molecule has 2 atom stereocenters. The van der Waals surface area contributed by atoms with E-state index in [1.807, 2.05) is 21.0 Å². The van der Waals surface area contributed by atoms with E-state index < -0.39 is 5.82 Å². The first kappa shape index (κ1) is 17.7. The molecule has 0 saturated heterocycles. The van der Waals surface area contributed by atoms with Crippen molar-refractivity contribution in [3.8, 4) is 0 Å². The molecule has 0 aromatic heterocycles. The van der Waals surface area contributed by atoms with E-state index in [0.29, 0.717) is 17.0 Å². The van der Waals surface area contributed by atoms with Crippen molar-refractivity contribution in [3.05, 3.63) is 33.6 Å². The standard InChI is InChI=1S/C15H23Cl2FN2/c1-9(2)15(8-20(4)5)19-10(3)11-6-14(18)13(17)7-12(11)16/h6-7,9-10,15,19H,8H2,1-5H3. The van der Waals surface area contributed by atoms with Crippen LogP contribution in [-0.4, -0.2) is 31.6 Å². The second kappa shape index (κ2) is 7.60. The Balaban J connectivity index is 2.88. The van der Waals surface area contributed by atoms with E-state index in [4.69, 9.17) is 23.2 Å². The Bertz CT molecular complexity index is 450. The zero-order chi connectivity index (χ0) is 15.4. The smallest absolute Gasteiger partial charge is 0.142 e.